The van der Waals surface area contributed by atoms with Crippen LogP contribution in [0.3, 0.4) is 0 Å². The zero-order valence-electron chi connectivity index (χ0n) is 11.5. The van der Waals surface area contributed by atoms with Crippen LogP contribution >= 0.6 is 29.7 Å². The second kappa shape index (κ2) is 5.31. The van der Waals surface area contributed by atoms with E-state index in [1.54, 1.807) is 7.11 Å². The monoisotopic (exact) mass is 405 g/mol. The van der Waals surface area contributed by atoms with Crippen molar-refractivity contribution in [2.75, 3.05) is 39.6 Å². The number of imidazole rings is 1. The summed E-state index contributed by atoms with van der Waals surface area (Å²) < 4.78 is 21.8. The highest BCUT2D eigenvalue weighted by atomic mass is 127. The predicted molar refractivity (Wildman–Crippen MR) is 88.9 cm³/mol. The third-order valence-corrected chi connectivity index (χ3v) is 7.75. The summed E-state index contributed by atoms with van der Waals surface area (Å²) in [6.07, 6.45) is 5.20. The quantitative estimate of drug-likeness (QED) is 0.566. The first-order valence-corrected chi connectivity index (χ1v) is 9.67. The van der Waals surface area contributed by atoms with Gasteiger partial charge in [0.1, 0.15) is 22.2 Å². The van der Waals surface area contributed by atoms with E-state index in [1.807, 2.05) is 22.9 Å². The zero-order chi connectivity index (χ0) is 14.3. The van der Waals surface area contributed by atoms with Crippen LogP contribution in [0.1, 0.15) is 0 Å². The molecule has 0 bridgehead atoms. The minimum Gasteiger partial charge on any atom is -0.496 e. The number of aromatic nitrogens is 2. The molecule has 2 aromatic heterocycles. The normalized spacial score (nSPS) is 19.4. The molecule has 7 heteroatoms. The standard InChI is InChI=1S/C13H17IN3O2P/c1-16-3-5-20(18,6-4-16)11-9-17-12(14)8-15-13(17)7-10(11)19-2/h7-9H,3-6H2,1-2H3. The molecule has 0 unspecified atom stereocenters. The van der Waals surface area contributed by atoms with E-state index in [0.29, 0.717) is 5.75 Å². The first kappa shape index (κ1) is 14.4. The number of pyridine rings is 1. The Labute approximate surface area is 131 Å². The van der Waals surface area contributed by atoms with E-state index in [1.165, 1.54) is 0 Å². The maximum Gasteiger partial charge on any atom is 0.141 e. The minimum atomic E-state index is -2.38. The van der Waals surface area contributed by atoms with Crippen molar-refractivity contribution in [3.8, 4) is 5.75 Å². The molecular weight excluding hydrogens is 388 g/mol. The lowest BCUT2D eigenvalue weighted by Gasteiger charge is -2.30. The lowest BCUT2D eigenvalue weighted by Crippen LogP contribution is -2.34. The van der Waals surface area contributed by atoms with E-state index >= 15 is 0 Å². The topological polar surface area (TPSA) is 46.8 Å². The summed E-state index contributed by atoms with van der Waals surface area (Å²) in [5.74, 6) is 0.701. The van der Waals surface area contributed by atoms with Gasteiger partial charge in [0.05, 0.1) is 18.6 Å². The number of hydrogen-bond donors (Lipinski definition) is 0. The minimum absolute atomic E-state index is 0.701. The Morgan fingerprint density at radius 3 is 2.75 bits per heavy atom. The van der Waals surface area contributed by atoms with Crippen molar-refractivity contribution in [2.45, 2.75) is 0 Å². The number of hydrogen-bond acceptors (Lipinski definition) is 4. The van der Waals surface area contributed by atoms with Crippen LogP contribution in [0.4, 0.5) is 0 Å². The van der Waals surface area contributed by atoms with Gasteiger partial charge in [0, 0.05) is 37.7 Å². The van der Waals surface area contributed by atoms with E-state index in [4.69, 9.17) is 4.74 Å². The molecule has 20 heavy (non-hydrogen) atoms. The lowest BCUT2D eigenvalue weighted by atomic mass is 10.4. The molecule has 1 saturated heterocycles. The van der Waals surface area contributed by atoms with Crippen molar-refractivity contribution < 1.29 is 9.30 Å². The first-order valence-electron chi connectivity index (χ1n) is 6.51. The van der Waals surface area contributed by atoms with Gasteiger partial charge in [-0.15, -0.1) is 0 Å². The maximum absolute atomic E-state index is 13.3. The Hall–Kier alpha value is -0.590. The second-order valence-corrected chi connectivity index (χ2v) is 9.44. The summed E-state index contributed by atoms with van der Waals surface area (Å²) in [4.78, 5) is 6.55. The second-order valence-electron chi connectivity index (χ2n) is 5.18. The van der Waals surface area contributed by atoms with Crippen molar-refractivity contribution in [3.05, 3.63) is 22.2 Å². The van der Waals surface area contributed by atoms with Gasteiger partial charge in [-0.2, -0.15) is 0 Å². The van der Waals surface area contributed by atoms with E-state index in [2.05, 4.69) is 39.5 Å². The van der Waals surface area contributed by atoms with E-state index in [0.717, 1.165) is 40.1 Å². The number of methoxy groups -OCH3 is 1. The molecule has 0 atom stereocenters. The van der Waals surface area contributed by atoms with Crippen LogP contribution in [0.2, 0.25) is 0 Å². The molecule has 0 N–H and O–H groups in total. The van der Waals surface area contributed by atoms with Crippen LogP contribution < -0.4 is 10.0 Å². The van der Waals surface area contributed by atoms with Crippen LogP contribution in [0.15, 0.2) is 18.5 Å². The summed E-state index contributed by atoms with van der Waals surface area (Å²) in [6.45, 7) is 1.75. The fraction of sp³-hybridized carbons (Fsp3) is 0.462. The molecule has 5 nitrogen and oxygen atoms in total. The SMILES string of the molecule is COc1cc2ncc(I)n2cc1P1(=O)CCN(C)CC1. The Kier molecular flexibility index (Phi) is 3.81. The Morgan fingerprint density at radius 2 is 2.10 bits per heavy atom. The van der Waals surface area contributed by atoms with E-state index in [9.17, 15) is 4.57 Å². The largest absolute Gasteiger partial charge is 0.496 e. The van der Waals surface area contributed by atoms with Gasteiger partial charge in [0.15, 0.2) is 0 Å². The summed E-state index contributed by atoms with van der Waals surface area (Å²) >= 11 is 2.23. The van der Waals surface area contributed by atoms with Gasteiger partial charge in [-0.25, -0.2) is 4.98 Å². The maximum atomic E-state index is 13.3. The van der Waals surface area contributed by atoms with Crippen LogP contribution in [-0.4, -0.2) is 53.9 Å². The lowest BCUT2D eigenvalue weighted by molar-refractivity contribution is 0.360. The molecule has 0 aliphatic carbocycles. The van der Waals surface area contributed by atoms with Crippen LogP contribution in [0, 0.1) is 3.70 Å². The summed E-state index contributed by atoms with van der Waals surface area (Å²) in [5.41, 5.74) is 0.829. The molecule has 3 heterocycles. The molecule has 0 amide bonds. The Balaban J connectivity index is 2.13. The zero-order valence-corrected chi connectivity index (χ0v) is 14.6. The number of halogens is 1. The van der Waals surface area contributed by atoms with Gasteiger partial charge in [-0.1, -0.05) is 0 Å². The molecule has 0 spiro atoms. The van der Waals surface area contributed by atoms with Crippen LogP contribution in [0.25, 0.3) is 5.65 Å². The highest BCUT2D eigenvalue weighted by molar-refractivity contribution is 14.1. The van der Waals surface area contributed by atoms with Crippen molar-refractivity contribution in [1.29, 1.82) is 0 Å². The van der Waals surface area contributed by atoms with Crippen molar-refractivity contribution in [1.82, 2.24) is 14.3 Å². The number of nitrogens with zero attached hydrogens (tertiary/aromatic N) is 3. The molecule has 3 rings (SSSR count). The molecule has 1 aliphatic heterocycles. The number of rotatable bonds is 2. The summed E-state index contributed by atoms with van der Waals surface area (Å²) in [7, 11) is 1.33. The molecule has 0 aromatic carbocycles. The van der Waals surface area contributed by atoms with Crippen molar-refractivity contribution >= 4 is 40.7 Å². The molecule has 1 aliphatic rings. The third-order valence-electron chi connectivity index (χ3n) is 3.89. The molecule has 0 radical (unpaired) electrons. The Bertz CT molecular complexity index is 688. The van der Waals surface area contributed by atoms with E-state index < -0.39 is 7.14 Å². The fourth-order valence-corrected chi connectivity index (χ4v) is 6.01. The van der Waals surface area contributed by atoms with Crippen LogP contribution in [-0.2, 0) is 4.57 Å². The molecule has 2 aromatic rings. The van der Waals surface area contributed by atoms with Crippen LogP contribution in [0.5, 0.6) is 5.75 Å². The van der Waals surface area contributed by atoms with Crippen molar-refractivity contribution in [2.24, 2.45) is 0 Å². The van der Waals surface area contributed by atoms with Gasteiger partial charge in [0.25, 0.3) is 0 Å². The predicted octanol–water partition coefficient (Wildman–Crippen LogP) is 1.88. The highest BCUT2D eigenvalue weighted by Gasteiger charge is 2.32. The van der Waals surface area contributed by atoms with Crippen molar-refractivity contribution in [3.63, 3.8) is 0 Å². The molecule has 0 saturated carbocycles. The third kappa shape index (κ3) is 2.38. The van der Waals surface area contributed by atoms with E-state index in [-0.39, 0.29) is 0 Å². The molecule has 1 fully saturated rings. The van der Waals surface area contributed by atoms with Gasteiger partial charge in [0.2, 0.25) is 0 Å². The summed E-state index contributed by atoms with van der Waals surface area (Å²) in [6, 6.07) is 1.88. The molecular formula is C13H17IN3O2P. The number of ether oxygens (including phenoxy) is 1. The fourth-order valence-electron chi connectivity index (χ4n) is 2.56. The van der Waals surface area contributed by atoms with Gasteiger partial charge >= 0.3 is 0 Å². The summed E-state index contributed by atoms with van der Waals surface area (Å²) in [5, 5.41) is 0.858. The van der Waals surface area contributed by atoms with Gasteiger partial charge < -0.3 is 14.2 Å². The van der Waals surface area contributed by atoms with Gasteiger partial charge in [-0.3, -0.25) is 4.40 Å². The van der Waals surface area contributed by atoms with Gasteiger partial charge in [-0.05, 0) is 29.6 Å². The average Bonchev–Trinajstić information content (AvgIpc) is 2.82. The molecule has 108 valence electrons. The Morgan fingerprint density at radius 1 is 1.40 bits per heavy atom. The average molecular weight is 405 g/mol. The smallest absolute Gasteiger partial charge is 0.141 e. The number of fused-ring (bicyclic) bond motifs is 1. The highest BCUT2D eigenvalue weighted by Crippen LogP contribution is 2.48. The first-order chi connectivity index (χ1) is 9.53.